The highest BCUT2D eigenvalue weighted by Gasteiger charge is 2.32. The van der Waals surface area contributed by atoms with Crippen LogP contribution in [0.3, 0.4) is 0 Å². The predicted molar refractivity (Wildman–Crippen MR) is 98.8 cm³/mol. The number of carbonyl (C=O) groups is 1. The minimum absolute atomic E-state index is 0.252. The zero-order chi connectivity index (χ0) is 17.9. The first-order chi connectivity index (χ1) is 12.7. The monoisotopic (exact) mass is 347 g/mol. The minimum Gasteiger partial charge on any atom is -0.410 e. The van der Waals surface area contributed by atoms with Crippen LogP contribution in [0.2, 0.25) is 0 Å². The molecular formula is C21H21N3O2. The number of hydrogen-bond acceptors (Lipinski definition) is 4. The molecule has 3 aliphatic heterocycles. The van der Waals surface area contributed by atoms with E-state index >= 15 is 0 Å². The number of rotatable bonds is 2. The van der Waals surface area contributed by atoms with Crippen LogP contribution in [0, 0.1) is 11.3 Å². The summed E-state index contributed by atoms with van der Waals surface area (Å²) in [6, 6.07) is 17.4. The highest BCUT2D eigenvalue weighted by Crippen LogP contribution is 2.25. The van der Waals surface area contributed by atoms with E-state index < -0.39 is 0 Å². The lowest BCUT2D eigenvalue weighted by Gasteiger charge is -2.30. The van der Waals surface area contributed by atoms with Gasteiger partial charge in [-0.25, -0.2) is 4.79 Å². The summed E-state index contributed by atoms with van der Waals surface area (Å²) >= 11 is 0. The summed E-state index contributed by atoms with van der Waals surface area (Å²) in [5.74, 6) is 0.550. The smallest absolute Gasteiger partial charge is 0.410 e. The number of benzene rings is 2. The van der Waals surface area contributed by atoms with Crippen molar-refractivity contribution in [3.63, 3.8) is 0 Å². The summed E-state index contributed by atoms with van der Waals surface area (Å²) in [6.45, 7) is 3.82. The standard InChI is InChI=1S/C21H21N3O2/c22-15-16-2-1-3-18(14-16)17-4-6-20(7-5-17)26-21(25)24-13-12-23-10-8-19(24)9-11-23/h1-7,14,19H,8-13H2. The number of piperidine rings is 1. The molecule has 2 aromatic rings. The zero-order valence-electron chi connectivity index (χ0n) is 14.6. The maximum Gasteiger partial charge on any atom is 0.415 e. The van der Waals surface area contributed by atoms with Crippen molar-refractivity contribution in [2.75, 3.05) is 26.2 Å². The molecule has 3 heterocycles. The van der Waals surface area contributed by atoms with Crippen LogP contribution in [0.5, 0.6) is 5.75 Å². The number of fused-ring (bicyclic) bond motifs is 4. The van der Waals surface area contributed by atoms with Gasteiger partial charge in [-0.1, -0.05) is 24.3 Å². The Hall–Kier alpha value is -2.84. The number of nitrogens with zero attached hydrogens (tertiary/aromatic N) is 3. The topological polar surface area (TPSA) is 56.6 Å². The largest absolute Gasteiger partial charge is 0.415 e. The summed E-state index contributed by atoms with van der Waals surface area (Å²) in [7, 11) is 0. The molecule has 3 saturated heterocycles. The van der Waals surface area contributed by atoms with Gasteiger partial charge < -0.3 is 14.5 Å². The highest BCUT2D eigenvalue weighted by atomic mass is 16.6. The van der Waals surface area contributed by atoms with Gasteiger partial charge in [0, 0.05) is 32.2 Å². The minimum atomic E-state index is -0.252. The van der Waals surface area contributed by atoms with E-state index in [-0.39, 0.29) is 6.09 Å². The quantitative estimate of drug-likeness (QED) is 0.834. The van der Waals surface area contributed by atoms with Crippen molar-refractivity contribution in [2.24, 2.45) is 0 Å². The zero-order valence-corrected chi connectivity index (χ0v) is 14.6. The van der Waals surface area contributed by atoms with E-state index in [0.29, 0.717) is 17.4 Å². The predicted octanol–water partition coefficient (Wildman–Crippen LogP) is 3.50. The van der Waals surface area contributed by atoms with Crippen LogP contribution in [0.15, 0.2) is 48.5 Å². The molecule has 3 aliphatic rings. The average molecular weight is 347 g/mol. The Labute approximate surface area is 153 Å². The van der Waals surface area contributed by atoms with Gasteiger partial charge in [-0.2, -0.15) is 5.26 Å². The Balaban J connectivity index is 1.45. The third kappa shape index (κ3) is 3.42. The summed E-state index contributed by atoms with van der Waals surface area (Å²) in [4.78, 5) is 16.9. The van der Waals surface area contributed by atoms with Gasteiger partial charge in [0.1, 0.15) is 5.75 Å². The van der Waals surface area contributed by atoms with Crippen molar-refractivity contribution in [1.82, 2.24) is 9.80 Å². The fourth-order valence-electron chi connectivity index (χ4n) is 3.77. The Kier molecular flexibility index (Phi) is 4.59. The molecule has 0 unspecified atom stereocenters. The molecule has 5 heteroatoms. The fraction of sp³-hybridized carbons (Fsp3) is 0.333. The van der Waals surface area contributed by atoms with Gasteiger partial charge >= 0.3 is 6.09 Å². The molecule has 1 amide bonds. The highest BCUT2D eigenvalue weighted by molar-refractivity contribution is 5.72. The van der Waals surface area contributed by atoms with E-state index in [4.69, 9.17) is 10.00 Å². The average Bonchev–Trinajstić information content (AvgIpc) is 3.02. The number of hydrogen-bond donors (Lipinski definition) is 0. The molecule has 0 aliphatic carbocycles. The second-order valence-electron chi connectivity index (χ2n) is 6.85. The fourth-order valence-corrected chi connectivity index (χ4v) is 3.77. The molecule has 0 radical (unpaired) electrons. The molecule has 0 N–H and O–H groups in total. The molecule has 26 heavy (non-hydrogen) atoms. The van der Waals surface area contributed by atoms with Gasteiger partial charge in [0.15, 0.2) is 0 Å². The van der Waals surface area contributed by atoms with Gasteiger partial charge in [0.05, 0.1) is 11.6 Å². The van der Waals surface area contributed by atoms with Crippen LogP contribution in [0.4, 0.5) is 4.79 Å². The summed E-state index contributed by atoms with van der Waals surface area (Å²) < 4.78 is 5.61. The van der Waals surface area contributed by atoms with Gasteiger partial charge in [0.25, 0.3) is 0 Å². The van der Waals surface area contributed by atoms with Crippen LogP contribution in [0.25, 0.3) is 11.1 Å². The molecule has 0 saturated carbocycles. The molecule has 0 aromatic heterocycles. The van der Waals surface area contributed by atoms with Crippen molar-refractivity contribution in [2.45, 2.75) is 18.9 Å². The number of amides is 1. The van der Waals surface area contributed by atoms with Crippen LogP contribution in [0.1, 0.15) is 18.4 Å². The molecule has 3 fully saturated rings. The summed E-state index contributed by atoms with van der Waals surface area (Å²) in [5, 5.41) is 9.03. The normalized spacial score (nSPS) is 21.7. The molecule has 2 bridgehead atoms. The van der Waals surface area contributed by atoms with Crippen molar-refractivity contribution >= 4 is 6.09 Å². The Bertz CT molecular complexity index is 833. The van der Waals surface area contributed by atoms with Crippen LogP contribution >= 0.6 is 0 Å². The van der Waals surface area contributed by atoms with Crippen LogP contribution < -0.4 is 4.74 Å². The van der Waals surface area contributed by atoms with E-state index in [1.165, 1.54) is 0 Å². The van der Waals surface area contributed by atoms with Crippen molar-refractivity contribution in [1.29, 1.82) is 5.26 Å². The third-order valence-corrected chi connectivity index (χ3v) is 5.27. The third-order valence-electron chi connectivity index (χ3n) is 5.27. The first-order valence-corrected chi connectivity index (χ1v) is 9.04. The SMILES string of the molecule is N#Cc1cccc(-c2ccc(OC(=O)N3CCN4CCC3CC4)cc2)c1. The number of carbonyl (C=O) groups excluding carboxylic acids is 1. The Morgan fingerprint density at radius 2 is 1.77 bits per heavy atom. The second kappa shape index (κ2) is 7.19. The Morgan fingerprint density at radius 1 is 1.00 bits per heavy atom. The van der Waals surface area contributed by atoms with Crippen molar-refractivity contribution < 1.29 is 9.53 Å². The first kappa shape index (κ1) is 16.6. The van der Waals surface area contributed by atoms with E-state index in [9.17, 15) is 4.79 Å². The van der Waals surface area contributed by atoms with Gasteiger partial charge in [-0.15, -0.1) is 0 Å². The summed E-state index contributed by atoms with van der Waals surface area (Å²) in [5.41, 5.74) is 2.59. The Morgan fingerprint density at radius 3 is 2.50 bits per heavy atom. The van der Waals surface area contributed by atoms with Crippen LogP contribution in [-0.2, 0) is 0 Å². The molecule has 5 nitrogen and oxygen atoms in total. The first-order valence-electron chi connectivity index (χ1n) is 9.04. The molecular weight excluding hydrogens is 326 g/mol. The van der Waals surface area contributed by atoms with E-state index in [0.717, 1.165) is 50.1 Å². The van der Waals surface area contributed by atoms with Gasteiger partial charge in [-0.3, -0.25) is 0 Å². The van der Waals surface area contributed by atoms with Gasteiger partial charge in [0.2, 0.25) is 0 Å². The maximum atomic E-state index is 12.6. The summed E-state index contributed by atoms with van der Waals surface area (Å²) in [6.07, 6.45) is 1.81. The molecule has 0 atom stereocenters. The maximum absolute atomic E-state index is 12.6. The van der Waals surface area contributed by atoms with E-state index in [2.05, 4.69) is 11.0 Å². The van der Waals surface area contributed by atoms with Crippen molar-refractivity contribution in [3.05, 3.63) is 54.1 Å². The van der Waals surface area contributed by atoms with Gasteiger partial charge in [-0.05, 0) is 48.2 Å². The van der Waals surface area contributed by atoms with E-state index in [1.807, 2.05) is 47.4 Å². The van der Waals surface area contributed by atoms with E-state index in [1.54, 1.807) is 6.07 Å². The van der Waals surface area contributed by atoms with Crippen LogP contribution in [-0.4, -0.2) is 48.1 Å². The molecule has 5 rings (SSSR count). The lowest BCUT2D eigenvalue weighted by molar-refractivity contribution is 0.131. The lowest BCUT2D eigenvalue weighted by Crippen LogP contribution is -2.43. The number of ether oxygens (including phenoxy) is 1. The van der Waals surface area contributed by atoms with Crippen molar-refractivity contribution in [3.8, 4) is 22.9 Å². The molecule has 2 aromatic carbocycles. The lowest BCUT2D eigenvalue weighted by atomic mass is 10.0. The second-order valence-corrected chi connectivity index (χ2v) is 6.85. The molecule has 132 valence electrons. The number of nitriles is 1. The molecule has 0 spiro atoms.